The van der Waals surface area contributed by atoms with Crippen molar-refractivity contribution < 1.29 is 9.21 Å². The Balaban J connectivity index is 1.42. The number of carbonyl (C=O) groups excluding carboxylic acids is 1. The summed E-state index contributed by atoms with van der Waals surface area (Å²) in [7, 11) is 1.94. The minimum absolute atomic E-state index is 0.0958. The predicted octanol–water partition coefficient (Wildman–Crippen LogP) is 3.50. The molecule has 29 heavy (non-hydrogen) atoms. The van der Waals surface area contributed by atoms with E-state index in [0.29, 0.717) is 11.4 Å². The molecule has 7 nitrogen and oxygen atoms in total. The van der Waals surface area contributed by atoms with E-state index in [1.165, 1.54) is 0 Å². The number of Topliss-reactive ketones (excluding diaryl/α,β-unsaturated/α-hetero) is 1. The Bertz CT molecular complexity index is 1070. The van der Waals surface area contributed by atoms with Crippen molar-refractivity contribution in [1.29, 1.82) is 0 Å². The van der Waals surface area contributed by atoms with Crippen molar-refractivity contribution in [3.8, 4) is 11.4 Å². The molecule has 0 bridgehead atoms. The van der Waals surface area contributed by atoms with Gasteiger partial charge >= 0.3 is 0 Å². The summed E-state index contributed by atoms with van der Waals surface area (Å²) in [6, 6.07) is 9.78. The Labute approximate surface area is 175 Å². The number of benzene rings is 1. The van der Waals surface area contributed by atoms with Crippen LogP contribution in [0.5, 0.6) is 0 Å². The van der Waals surface area contributed by atoms with E-state index in [9.17, 15) is 4.79 Å². The number of ketones is 1. The molecule has 0 saturated carbocycles. The van der Waals surface area contributed by atoms with Gasteiger partial charge in [0.1, 0.15) is 5.76 Å². The summed E-state index contributed by atoms with van der Waals surface area (Å²) in [6.45, 7) is 7.89. The molecule has 3 heterocycles. The van der Waals surface area contributed by atoms with Gasteiger partial charge in [0.25, 0.3) is 0 Å². The molecule has 1 aliphatic heterocycles. The zero-order valence-electron chi connectivity index (χ0n) is 17.0. The van der Waals surface area contributed by atoms with Crippen LogP contribution in [-0.2, 0) is 13.7 Å². The lowest BCUT2D eigenvalue weighted by atomic mass is 10.1. The third kappa shape index (κ3) is 3.90. The lowest BCUT2D eigenvalue weighted by Gasteiger charge is -2.35. The van der Waals surface area contributed by atoms with Crippen LogP contribution in [-0.4, -0.2) is 51.2 Å². The highest BCUT2D eigenvalue weighted by Gasteiger charge is 2.20. The second-order valence-corrected chi connectivity index (χ2v) is 7.77. The number of piperazine rings is 1. The fraction of sp³-hybridized carbons (Fsp3) is 0.381. The molecule has 8 heteroatoms. The van der Waals surface area contributed by atoms with Crippen LogP contribution in [0.15, 0.2) is 41.0 Å². The SMILES string of the molecule is CC(=O)c1ccc(N2CCN(Cn3nc(-c4ccoc4C)n(C)c3=S)CC2)cc1. The number of hydrogen-bond donors (Lipinski definition) is 0. The number of furan rings is 1. The van der Waals surface area contributed by atoms with Crippen LogP contribution >= 0.6 is 12.2 Å². The first-order chi connectivity index (χ1) is 13.9. The molecule has 0 unspecified atom stereocenters. The van der Waals surface area contributed by atoms with Crippen LogP contribution in [0.1, 0.15) is 23.0 Å². The monoisotopic (exact) mass is 411 g/mol. The zero-order valence-corrected chi connectivity index (χ0v) is 17.8. The number of anilines is 1. The highest BCUT2D eigenvalue weighted by molar-refractivity contribution is 7.71. The Morgan fingerprint density at radius 2 is 1.83 bits per heavy atom. The van der Waals surface area contributed by atoms with Crippen molar-refractivity contribution in [3.05, 3.63) is 52.7 Å². The summed E-state index contributed by atoms with van der Waals surface area (Å²) in [4.78, 5) is 16.2. The maximum atomic E-state index is 11.5. The van der Waals surface area contributed by atoms with Gasteiger partial charge in [-0.15, -0.1) is 0 Å². The van der Waals surface area contributed by atoms with E-state index in [0.717, 1.165) is 54.6 Å². The molecule has 0 spiro atoms. The Kier molecular flexibility index (Phi) is 5.38. The number of carbonyl (C=O) groups is 1. The van der Waals surface area contributed by atoms with Crippen LogP contribution in [0.3, 0.4) is 0 Å². The number of aromatic nitrogens is 3. The number of aryl methyl sites for hydroxylation is 1. The Morgan fingerprint density at radius 3 is 2.41 bits per heavy atom. The van der Waals surface area contributed by atoms with Crippen molar-refractivity contribution >= 4 is 23.7 Å². The molecule has 3 aromatic rings. The fourth-order valence-electron chi connectivity index (χ4n) is 3.68. The average molecular weight is 412 g/mol. The zero-order chi connectivity index (χ0) is 20.5. The van der Waals surface area contributed by atoms with Crippen LogP contribution in [0.25, 0.3) is 11.4 Å². The summed E-state index contributed by atoms with van der Waals surface area (Å²) in [6.07, 6.45) is 1.68. The molecule has 152 valence electrons. The van der Waals surface area contributed by atoms with Crippen molar-refractivity contribution in [2.24, 2.45) is 7.05 Å². The summed E-state index contributed by atoms with van der Waals surface area (Å²) >= 11 is 5.60. The molecule has 1 saturated heterocycles. The van der Waals surface area contributed by atoms with E-state index in [4.69, 9.17) is 21.7 Å². The van der Waals surface area contributed by atoms with Gasteiger partial charge in [0.05, 0.1) is 18.5 Å². The van der Waals surface area contributed by atoms with Crippen LogP contribution < -0.4 is 4.90 Å². The van der Waals surface area contributed by atoms with Crippen LogP contribution in [0.4, 0.5) is 5.69 Å². The lowest BCUT2D eigenvalue weighted by molar-refractivity contribution is 0.101. The van der Waals surface area contributed by atoms with Crippen molar-refractivity contribution in [3.63, 3.8) is 0 Å². The maximum absolute atomic E-state index is 11.5. The molecule has 1 aliphatic rings. The highest BCUT2D eigenvalue weighted by atomic mass is 32.1. The molecule has 0 aliphatic carbocycles. The summed E-state index contributed by atoms with van der Waals surface area (Å²) in [5.41, 5.74) is 2.87. The fourth-order valence-corrected chi connectivity index (χ4v) is 3.86. The van der Waals surface area contributed by atoms with E-state index >= 15 is 0 Å². The van der Waals surface area contributed by atoms with E-state index in [1.807, 2.05) is 53.6 Å². The van der Waals surface area contributed by atoms with Gasteiger partial charge in [0.15, 0.2) is 16.4 Å². The van der Waals surface area contributed by atoms with Crippen LogP contribution in [0, 0.1) is 11.7 Å². The molecular weight excluding hydrogens is 386 g/mol. The van der Waals surface area contributed by atoms with Gasteiger partial charge < -0.3 is 13.9 Å². The second-order valence-electron chi connectivity index (χ2n) is 7.40. The van der Waals surface area contributed by atoms with Gasteiger partial charge in [-0.25, -0.2) is 4.68 Å². The second kappa shape index (κ2) is 7.96. The van der Waals surface area contributed by atoms with Gasteiger partial charge in [-0.1, -0.05) is 0 Å². The Hall–Kier alpha value is -2.71. The number of nitrogens with zero attached hydrogens (tertiary/aromatic N) is 5. The minimum Gasteiger partial charge on any atom is -0.469 e. The quantitative estimate of drug-likeness (QED) is 0.473. The molecule has 0 amide bonds. The molecule has 0 radical (unpaired) electrons. The Morgan fingerprint density at radius 1 is 1.14 bits per heavy atom. The summed E-state index contributed by atoms with van der Waals surface area (Å²) in [5.74, 6) is 1.76. The summed E-state index contributed by atoms with van der Waals surface area (Å²) in [5, 5.41) is 4.74. The first-order valence-electron chi connectivity index (χ1n) is 9.70. The smallest absolute Gasteiger partial charge is 0.199 e. The number of hydrogen-bond acceptors (Lipinski definition) is 6. The molecule has 0 atom stereocenters. The standard InChI is InChI=1S/C21H25N5O2S/c1-15(27)17-4-6-18(7-5-17)25-11-9-24(10-12-25)14-26-21(29)23(3)20(22-26)19-8-13-28-16(19)2/h4-8,13H,9-12,14H2,1-3H3. The topological polar surface area (TPSA) is 59.4 Å². The largest absolute Gasteiger partial charge is 0.469 e. The predicted molar refractivity (Wildman–Crippen MR) is 115 cm³/mol. The number of rotatable bonds is 5. The van der Waals surface area contributed by atoms with Gasteiger partial charge in [-0.3, -0.25) is 9.69 Å². The molecule has 1 fully saturated rings. The third-order valence-corrected chi connectivity index (χ3v) is 5.97. The molecule has 0 N–H and O–H groups in total. The third-order valence-electron chi connectivity index (χ3n) is 5.49. The van der Waals surface area contributed by atoms with E-state index < -0.39 is 0 Å². The van der Waals surface area contributed by atoms with Gasteiger partial charge in [0.2, 0.25) is 0 Å². The van der Waals surface area contributed by atoms with Crippen LogP contribution in [0.2, 0.25) is 0 Å². The average Bonchev–Trinajstić information content (AvgIpc) is 3.26. The van der Waals surface area contributed by atoms with Crippen molar-refractivity contribution in [1.82, 2.24) is 19.2 Å². The minimum atomic E-state index is 0.0958. The first-order valence-corrected chi connectivity index (χ1v) is 10.1. The molecular formula is C21H25N5O2S. The lowest BCUT2D eigenvalue weighted by Crippen LogP contribution is -2.47. The van der Waals surface area contributed by atoms with E-state index in [2.05, 4.69) is 9.80 Å². The maximum Gasteiger partial charge on any atom is 0.199 e. The summed E-state index contributed by atoms with van der Waals surface area (Å²) < 4.78 is 9.93. The van der Waals surface area contributed by atoms with Gasteiger partial charge in [-0.05, 0) is 56.4 Å². The van der Waals surface area contributed by atoms with E-state index in [1.54, 1.807) is 13.2 Å². The molecule has 4 rings (SSSR count). The normalized spacial score (nSPS) is 15.1. The van der Waals surface area contributed by atoms with Gasteiger partial charge in [-0.2, -0.15) is 5.10 Å². The first kappa shape index (κ1) is 19.6. The van der Waals surface area contributed by atoms with Gasteiger partial charge in [0, 0.05) is 44.5 Å². The van der Waals surface area contributed by atoms with Crippen molar-refractivity contribution in [2.45, 2.75) is 20.5 Å². The molecule has 2 aromatic heterocycles. The van der Waals surface area contributed by atoms with Crippen molar-refractivity contribution in [2.75, 3.05) is 31.1 Å². The van der Waals surface area contributed by atoms with E-state index in [-0.39, 0.29) is 5.78 Å². The molecule has 1 aromatic carbocycles. The highest BCUT2D eigenvalue weighted by Crippen LogP contribution is 2.23.